The van der Waals surface area contributed by atoms with Gasteiger partial charge in [0, 0.05) is 36.1 Å². The molecular weight excluding hydrogens is 289 g/mol. The molecule has 3 unspecified atom stereocenters. The number of fused-ring (bicyclic) bond motifs is 1. The second-order valence-corrected chi connectivity index (χ2v) is 7.03. The summed E-state index contributed by atoms with van der Waals surface area (Å²) in [5, 5.41) is 9.87. The predicted molar refractivity (Wildman–Crippen MR) is 80.5 cm³/mol. The lowest BCUT2D eigenvalue weighted by atomic mass is 10.00. The minimum Gasteiger partial charge on any atom is -0.393 e. The van der Waals surface area contributed by atoms with E-state index in [4.69, 9.17) is 0 Å². The van der Waals surface area contributed by atoms with Crippen LogP contribution in [-0.2, 0) is 4.79 Å². The third kappa shape index (κ3) is 3.24. The van der Waals surface area contributed by atoms with Gasteiger partial charge in [-0.1, -0.05) is 12.1 Å². The number of nitrogens with zero attached hydrogens (tertiary/aromatic N) is 1. The fourth-order valence-corrected chi connectivity index (χ4v) is 4.29. The molecule has 1 aliphatic carbocycles. The van der Waals surface area contributed by atoms with E-state index >= 15 is 0 Å². The minimum atomic E-state index is -0.236. The number of benzene rings is 1. The molecule has 0 aromatic heterocycles. The van der Waals surface area contributed by atoms with Crippen molar-refractivity contribution in [2.75, 3.05) is 18.8 Å². The van der Waals surface area contributed by atoms with Gasteiger partial charge >= 0.3 is 0 Å². The fourth-order valence-electron chi connectivity index (χ4n) is 3.41. The summed E-state index contributed by atoms with van der Waals surface area (Å²) in [4.78, 5) is 14.7. The van der Waals surface area contributed by atoms with E-state index in [-0.39, 0.29) is 23.7 Å². The monoisotopic (exact) mass is 309 g/mol. The Morgan fingerprint density at radius 3 is 2.90 bits per heavy atom. The third-order valence-corrected chi connectivity index (χ3v) is 5.63. The van der Waals surface area contributed by atoms with Gasteiger partial charge in [-0.25, -0.2) is 4.39 Å². The summed E-state index contributed by atoms with van der Waals surface area (Å²) in [6, 6.07) is 6.64. The van der Waals surface area contributed by atoms with Crippen LogP contribution >= 0.6 is 11.8 Å². The van der Waals surface area contributed by atoms with Crippen molar-refractivity contribution in [2.45, 2.75) is 30.3 Å². The van der Waals surface area contributed by atoms with E-state index < -0.39 is 0 Å². The summed E-state index contributed by atoms with van der Waals surface area (Å²) in [6.07, 6.45) is 2.09. The van der Waals surface area contributed by atoms with Gasteiger partial charge in [-0.3, -0.25) is 4.79 Å². The number of hydrogen-bond acceptors (Lipinski definition) is 3. The van der Waals surface area contributed by atoms with Crippen molar-refractivity contribution in [2.24, 2.45) is 11.8 Å². The zero-order valence-electron chi connectivity index (χ0n) is 11.9. The summed E-state index contributed by atoms with van der Waals surface area (Å²) in [5.41, 5.74) is 0. The quantitative estimate of drug-likeness (QED) is 0.869. The molecule has 3 atom stereocenters. The Labute approximate surface area is 128 Å². The SMILES string of the molecule is O=C(CCSc1ccccc1F)N1CC2CCC(O)C2C1. The van der Waals surface area contributed by atoms with Gasteiger partial charge in [-0.2, -0.15) is 0 Å². The normalized spacial score (nSPS) is 27.9. The first-order valence-electron chi connectivity index (χ1n) is 7.48. The molecule has 3 rings (SSSR count). The van der Waals surface area contributed by atoms with Crippen LogP contribution in [0.2, 0.25) is 0 Å². The number of rotatable bonds is 4. The van der Waals surface area contributed by atoms with Gasteiger partial charge in [0.25, 0.3) is 0 Å². The number of amides is 1. The largest absolute Gasteiger partial charge is 0.393 e. The first-order valence-corrected chi connectivity index (χ1v) is 8.47. The number of halogens is 1. The number of carbonyl (C=O) groups excluding carboxylic acids is 1. The number of hydrogen-bond donors (Lipinski definition) is 1. The Morgan fingerprint density at radius 1 is 1.33 bits per heavy atom. The second-order valence-electron chi connectivity index (χ2n) is 5.90. The molecule has 1 amide bonds. The molecule has 3 nitrogen and oxygen atoms in total. The molecule has 0 bridgehead atoms. The van der Waals surface area contributed by atoms with Gasteiger partial charge < -0.3 is 10.0 Å². The second kappa shape index (κ2) is 6.36. The highest BCUT2D eigenvalue weighted by atomic mass is 32.2. The van der Waals surface area contributed by atoms with Crippen LogP contribution in [0.5, 0.6) is 0 Å². The van der Waals surface area contributed by atoms with Crippen LogP contribution in [0.25, 0.3) is 0 Å². The number of thioether (sulfide) groups is 1. The van der Waals surface area contributed by atoms with Gasteiger partial charge in [-0.15, -0.1) is 11.8 Å². The summed E-state index contributed by atoms with van der Waals surface area (Å²) in [5.74, 6) is 1.24. The summed E-state index contributed by atoms with van der Waals surface area (Å²) in [6.45, 7) is 1.47. The molecule has 2 fully saturated rings. The zero-order valence-corrected chi connectivity index (χ0v) is 12.7. The smallest absolute Gasteiger partial charge is 0.223 e. The van der Waals surface area contributed by atoms with Crippen LogP contribution in [-0.4, -0.2) is 40.9 Å². The van der Waals surface area contributed by atoms with Crippen LogP contribution < -0.4 is 0 Å². The molecule has 1 aromatic rings. The van der Waals surface area contributed by atoms with Crippen molar-refractivity contribution in [1.29, 1.82) is 0 Å². The summed E-state index contributed by atoms with van der Waals surface area (Å²) in [7, 11) is 0. The maximum atomic E-state index is 13.5. The molecule has 1 saturated heterocycles. The van der Waals surface area contributed by atoms with Crippen molar-refractivity contribution < 1.29 is 14.3 Å². The molecule has 1 aromatic carbocycles. The first-order chi connectivity index (χ1) is 10.1. The zero-order chi connectivity index (χ0) is 14.8. The Morgan fingerprint density at radius 2 is 2.14 bits per heavy atom. The Bertz CT molecular complexity index is 525. The van der Waals surface area contributed by atoms with Gasteiger partial charge in [0.2, 0.25) is 5.91 Å². The molecule has 0 radical (unpaired) electrons. The Hall–Kier alpha value is -1.07. The summed E-state index contributed by atoms with van der Waals surface area (Å²) >= 11 is 1.38. The molecule has 1 aliphatic heterocycles. The molecule has 0 spiro atoms. The molecular formula is C16H20FNO2S. The van der Waals surface area contributed by atoms with E-state index in [0.717, 1.165) is 19.4 Å². The average molecular weight is 309 g/mol. The number of likely N-dealkylation sites (tertiary alicyclic amines) is 1. The third-order valence-electron chi connectivity index (χ3n) is 4.58. The van der Waals surface area contributed by atoms with E-state index in [1.165, 1.54) is 17.8 Å². The van der Waals surface area contributed by atoms with Crippen molar-refractivity contribution in [3.05, 3.63) is 30.1 Å². The first kappa shape index (κ1) is 14.9. The molecule has 1 saturated carbocycles. The number of carbonyl (C=O) groups is 1. The fraction of sp³-hybridized carbons (Fsp3) is 0.562. The highest BCUT2D eigenvalue weighted by Crippen LogP contribution is 2.38. The van der Waals surface area contributed by atoms with Crippen molar-refractivity contribution in [3.8, 4) is 0 Å². The van der Waals surface area contributed by atoms with Crippen LogP contribution in [0.1, 0.15) is 19.3 Å². The predicted octanol–water partition coefficient (Wildman–Crippen LogP) is 2.54. The maximum absolute atomic E-state index is 13.5. The lowest BCUT2D eigenvalue weighted by Crippen LogP contribution is -2.31. The van der Waals surface area contributed by atoms with Crippen LogP contribution in [0.15, 0.2) is 29.2 Å². The lowest BCUT2D eigenvalue weighted by molar-refractivity contribution is -0.130. The molecule has 5 heteroatoms. The van der Waals surface area contributed by atoms with E-state index in [9.17, 15) is 14.3 Å². The summed E-state index contributed by atoms with van der Waals surface area (Å²) < 4.78 is 13.5. The van der Waals surface area contributed by atoms with Crippen molar-refractivity contribution >= 4 is 17.7 Å². The van der Waals surface area contributed by atoms with Crippen molar-refractivity contribution in [3.63, 3.8) is 0 Å². The molecule has 1 N–H and O–H groups in total. The van der Waals surface area contributed by atoms with E-state index in [0.29, 0.717) is 29.5 Å². The van der Waals surface area contributed by atoms with Crippen LogP contribution in [0, 0.1) is 17.7 Å². The van der Waals surface area contributed by atoms with Crippen LogP contribution in [0.4, 0.5) is 4.39 Å². The highest BCUT2D eigenvalue weighted by Gasteiger charge is 2.42. The van der Waals surface area contributed by atoms with Crippen LogP contribution in [0.3, 0.4) is 0 Å². The van der Waals surface area contributed by atoms with Crippen molar-refractivity contribution in [1.82, 2.24) is 4.90 Å². The molecule has 1 heterocycles. The lowest BCUT2D eigenvalue weighted by Gasteiger charge is -2.18. The Kier molecular flexibility index (Phi) is 4.50. The number of aliphatic hydroxyl groups is 1. The van der Waals surface area contributed by atoms with Gasteiger partial charge in [0.05, 0.1) is 6.10 Å². The highest BCUT2D eigenvalue weighted by molar-refractivity contribution is 7.99. The van der Waals surface area contributed by atoms with Gasteiger partial charge in [0.1, 0.15) is 5.82 Å². The standard InChI is InChI=1S/C16H20FNO2S/c17-13-3-1-2-4-15(13)21-8-7-16(20)18-9-11-5-6-14(19)12(11)10-18/h1-4,11-12,14,19H,5-10H2. The maximum Gasteiger partial charge on any atom is 0.223 e. The van der Waals surface area contributed by atoms with E-state index in [1.807, 2.05) is 4.90 Å². The molecule has 2 aliphatic rings. The minimum absolute atomic E-state index is 0.125. The topological polar surface area (TPSA) is 40.5 Å². The van der Waals surface area contributed by atoms with Gasteiger partial charge in [-0.05, 0) is 30.9 Å². The Balaban J connectivity index is 1.46. The van der Waals surface area contributed by atoms with Gasteiger partial charge in [0.15, 0.2) is 0 Å². The average Bonchev–Trinajstić information content (AvgIpc) is 3.04. The molecule has 21 heavy (non-hydrogen) atoms. The van der Waals surface area contributed by atoms with E-state index in [2.05, 4.69) is 0 Å². The van der Waals surface area contributed by atoms with E-state index in [1.54, 1.807) is 18.2 Å². The molecule has 114 valence electrons. The number of aliphatic hydroxyl groups excluding tert-OH is 1.